The van der Waals surface area contributed by atoms with Gasteiger partial charge in [-0.2, -0.15) is 0 Å². The van der Waals surface area contributed by atoms with Crippen molar-refractivity contribution >= 4 is 11.6 Å². The van der Waals surface area contributed by atoms with Crippen molar-refractivity contribution in [3.63, 3.8) is 0 Å². The SMILES string of the molecule is CCC(C)C(C)(Nc1cccc(F)c1)C(N)=O. The smallest absolute Gasteiger partial charge is 0.243 e. The van der Waals surface area contributed by atoms with E-state index >= 15 is 0 Å². The van der Waals surface area contributed by atoms with Crippen LogP contribution in [0.15, 0.2) is 24.3 Å². The lowest BCUT2D eigenvalue weighted by atomic mass is 9.84. The van der Waals surface area contributed by atoms with Gasteiger partial charge in [0.2, 0.25) is 5.91 Å². The number of primary amides is 1. The monoisotopic (exact) mass is 238 g/mol. The van der Waals surface area contributed by atoms with E-state index in [0.717, 1.165) is 6.42 Å². The first-order chi connectivity index (χ1) is 7.90. The molecule has 17 heavy (non-hydrogen) atoms. The molecule has 0 aliphatic carbocycles. The molecule has 0 aliphatic heterocycles. The summed E-state index contributed by atoms with van der Waals surface area (Å²) >= 11 is 0. The first-order valence-corrected chi connectivity index (χ1v) is 5.73. The predicted molar refractivity (Wildman–Crippen MR) is 67.1 cm³/mol. The number of hydrogen-bond acceptors (Lipinski definition) is 2. The summed E-state index contributed by atoms with van der Waals surface area (Å²) in [7, 11) is 0. The summed E-state index contributed by atoms with van der Waals surface area (Å²) in [5.41, 5.74) is 5.13. The highest BCUT2D eigenvalue weighted by Crippen LogP contribution is 2.25. The first kappa shape index (κ1) is 13.5. The van der Waals surface area contributed by atoms with Gasteiger partial charge in [0.15, 0.2) is 0 Å². The zero-order chi connectivity index (χ0) is 13.1. The van der Waals surface area contributed by atoms with Crippen LogP contribution in [0.25, 0.3) is 0 Å². The minimum Gasteiger partial charge on any atom is -0.371 e. The molecule has 0 fully saturated rings. The Hall–Kier alpha value is -1.58. The summed E-state index contributed by atoms with van der Waals surface area (Å²) in [6.45, 7) is 5.67. The van der Waals surface area contributed by atoms with Crippen molar-refractivity contribution in [3.05, 3.63) is 30.1 Å². The number of nitrogens with two attached hydrogens (primary N) is 1. The minimum absolute atomic E-state index is 0.0586. The van der Waals surface area contributed by atoms with Crippen LogP contribution >= 0.6 is 0 Å². The second-order valence-corrected chi connectivity index (χ2v) is 4.51. The van der Waals surface area contributed by atoms with Crippen LogP contribution in [0, 0.1) is 11.7 Å². The molecule has 1 rings (SSSR count). The van der Waals surface area contributed by atoms with Crippen LogP contribution in [0.5, 0.6) is 0 Å². The van der Waals surface area contributed by atoms with Gasteiger partial charge in [-0.05, 0) is 31.0 Å². The Morgan fingerprint density at radius 3 is 2.71 bits per heavy atom. The molecule has 2 unspecified atom stereocenters. The van der Waals surface area contributed by atoms with E-state index in [1.54, 1.807) is 19.1 Å². The number of carbonyl (C=O) groups excluding carboxylic acids is 1. The largest absolute Gasteiger partial charge is 0.371 e. The maximum absolute atomic E-state index is 13.1. The standard InChI is InChI=1S/C13H19FN2O/c1-4-9(2)13(3,12(15)17)16-11-7-5-6-10(14)8-11/h5-9,16H,4H2,1-3H3,(H2,15,17). The van der Waals surface area contributed by atoms with Crippen LogP contribution < -0.4 is 11.1 Å². The van der Waals surface area contributed by atoms with Crippen molar-refractivity contribution in [1.82, 2.24) is 0 Å². The maximum Gasteiger partial charge on any atom is 0.243 e. The molecule has 0 radical (unpaired) electrons. The molecule has 1 aromatic carbocycles. The predicted octanol–water partition coefficient (Wildman–Crippen LogP) is 2.53. The van der Waals surface area contributed by atoms with Gasteiger partial charge >= 0.3 is 0 Å². The quantitative estimate of drug-likeness (QED) is 0.828. The van der Waals surface area contributed by atoms with Crippen molar-refractivity contribution < 1.29 is 9.18 Å². The van der Waals surface area contributed by atoms with Gasteiger partial charge in [-0.25, -0.2) is 4.39 Å². The summed E-state index contributed by atoms with van der Waals surface area (Å²) < 4.78 is 13.1. The molecule has 94 valence electrons. The number of nitrogens with one attached hydrogen (secondary N) is 1. The second-order valence-electron chi connectivity index (χ2n) is 4.51. The van der Waals surface area contributed by atoms with Gasteiger partial charge in [0.1, 0.15) is 11.4 Å². The molecule has 2 atom stereocenters. The summed E-state index contributed by atoms with van der Waals surface area (Å²) in [4.78, 5) is 11.6. The Labute approximate surface area is 101 Å². The summed E-state index contributed by atoms with van der Waals surface area (Å²) in [6, 6.07) is 6.02. The highest BCUT2D eigenvalue weighted by Gasteiger charge is 2.36. The molecule has 3 N–H and O–H groups in total. The number of halogens is 1. The van der Waals surface area contributed by atoms with E-state index in [-0.39, 0.29) is 11.7 Å². The van der Waals surface area contributed by atoms with E-state index in [9.17, 15) is 9.18 Å². The van der Waals surface area contributed by atoms with Crippen LogP contribution in [0.2, 0.25) is 0 Å². The Kier molecular flexibility index (Phi) is 4.10. The highest BCUT2D eigenvalue weighted by molar-refractivity contribution is 5.87. The molecular weight excluding hydrogens is 219 g/mol. The van der Waals surface area contributed by atoms with Crippen molar-refractivity contribution in [2.75, 3.05) is 5.32 Å². The molecule has 0 saturated carbocycles. The first-order valence-electron chi connectivity index (χ1n) is 5.73. The molecule has 0 bridgehead atoms. The van der Waals surface area contributed by atoms with Crippen molar-refractivity contribution in [1.29, 1.82) is 0 Å². The second kappa shape index (κ2) is 5.17. The van der Waals surface area contributed by atoms with Crippen LogP contribution in [-0.4, -0.2) is 11.4 Å². The summed E-state index contributed by atoms with van der Waals surface area (Å²) in [6.07, 6.45) is 0.807. The third kappa shape index (κ3) is 2.96. The lowest BCUT2D eigenvalue weighted by molar-refractivity contribution is -0.123. The van der Waals surface area contributed by atoms with Crippen molar-refractivity contribution in [2.24, 2.45) is 11.7 Å². The van der Waals surface area contributed by atoms with E-state index in [1.165, 1.54) is 12.1 Å². The number of amides is 1. The van der Waals surface area contributed by atoms with Crippen LogP contribution in [0.1, 0.15) is 27.2 Å². The van der Waals surface area contributed by atoms with Crippen LogP contribution in [-0.2, 0) is 4.79 Å². The van der Waals surface area contributed by atoms with Crippen molar-refractivity contribution in [3.8, 4) is 0 Å². The average Bonchev–Trinajstić information content (AvgIpc) is 2.27. The Bertz CT molecular complexity index is 408. The highest BCUT2D eigenvalue weighted by atomic mass is 19.1. The van der Waals surface area contributed by atoms with Crippen LogP contribution in [0.4, 0.5) is 10.1 Å². The zero-order valence-corrected chi connectivity index (χ0v) is 10.5. The fourth-order valence-electron chi connectivity index (χ4n) is 1.70. The van der Waals surface area contributed by atoms with E-state index in [4.69, 9.17) is 5.73 Å². The third-order valence-electron chi connectivity index (χ3n) is 3.34. The number of anilines is 1. The zero-order valence-electron chi connectivity index (χ0n) is 10.5. The Morgan fingerprint density at radius 2 is 2.24 bits per heavy atom. The fourth-order valence-corrected chi connectivity index (χ4v) is 1.70. The summed E-state index contributed by atoms with van der Waals surface area (Å²) in [5.74, 6) is -0.717. The maximum atomic E-state index is 13.1. The van der Waals surface area contributed by atoms with E-state index < -0.39 is 11.4 Å². The van der Waals surface area contributed by atoms with Gasteiger partial charge in [-0.15, -0.1) is 0 Å². The van der Waals surface area contributed by atoms with Gasteiger partial charge in [0.05, 0.1) is 0 Å². The number of rotatable bonds is 5. The molecule has 4 heteroatoms. The van der Waals surface area contributed by atoms with Gasteiger partial charge in [0.25, 0.3) is 0 Å². The fraction of sp³-hybridized carbons (Fsp3) is 0.462. The molecule has 0 spiro atoms. The lowest BCUT2D eigenvalue weighted by Gasteiger charge is -2.34. The number of carbonyl (C=O) groups is 1. The molecule has 0 heterocycles. The Morgan fingerprint density at radius 1 is 1.59 bits per heavy atom. The molecule has 3 nitrogen and oxygen atoms in total. The van der Waals surface area contributed by atoms with E-state index in [0.29, 0.717) is 5.69 Å². The minimum atomic E-state index is -0.872. The van der Waals surface area contributed by atoms with Gasteiger partial charge in [0, 0.05) is 5.69 Å². The Balaban J connectivity index is 2.99. The molecule has 0 aromatic heterocycles. The van der Waals surface area contributed by atoms with E-state index in [2.05, 4.69) is 5.32 Å². The molecule has 1 amide bonds. The topological polar surface area (TPSA) is 55.1 Å². The number of hydrogen-bond donors (Lipinski definition) is 2. The van der Waals surface area contributed by atoms with Gasteiger partial charge in [-0.3, -0.25) is 4.79 Å². The number of benzene rings is 1. The van der Waals surface area contributed by atoms with E-state index in [1.807, 2.05) is 13.8 Å². The van der Waals surface area contributed by atoms with Crippen LogP contribution in [0.3, 0.4) is 0 Å². The van der Waals surface area contributed by atoms with Crippen molar-refractivity contribution in [2.45, 2.75) is 32.7 Å². The summed E-state index contributed by atoms with van der Waals surface area (Å²) in [5, 5.41) is 3.03. The molecule has 1 aromatic rings. The third-order valence-corrected chi connectivity index (χ3v) is 3.34. The lowest BCUT2D eigenvalue weighted by Crippen LogP contribution is -2.52. The molecular formula is C13H19FN2O. The van der Waals surface area contributed by atoms with Gasteiger partial charge in [-0.1, -0.05) is 26.3 Å². The normalized spacial score (nSPS) is 16.0. The van der Waals surface area contributed by atoms with Gasteiger partial charge < -0.3 is 11.1 Å². The molecule has 0 saturated heterocycles. The molecule has 0 aliphatic rings. The average molecular weight is 238 g/mol.